The Bertz CT molecular complexity index is 948. The predicted octanol–water partition coefficient (Wildman–Crippen LogP) is 4.38. The van der Waals surface area contributed by atoms with Crippen molar-refractivity contribution in [3.63, 3.8) is 0 Å². The molecule has 4 rings (SSSR count). The van der Waals surface area contributed by atoms with E-state index in [1.54, 1.807) is 18.5 Å². The van der Waals surface area contributed by atoms with Gasteiger partial charge in [0.1, 0.15) is 12.4 Å². The van der Waals surface area contributed by atoms with Gasteiger partial charge < -0.3 is 14.6 Å². The highest BCUT2D eigenvalue weighted by Crippen LogP contribution is 2.21. The van der Waals surface area contributed by atoms with Crippen LogP contribution in [0.15, 0.2) is 54.9 Å². The molecule has 1 aliphatic carbocycles. The topological polar surface area (TPSA) is 56.1 Å². The molecule has 1 atom stereocenters. The molecule has 6 heteroatoms. The summed E-state index contributed by atoms with van der Waals surface area (Å²) in [6.45, 7) is 0.550. The Kier molecular flexibility index (Phi) is 6.20. The summed E-state index contributed by atoms with van der Waals surface area (Å²) in [6, 6.07) is 13.8. The van der Waals surface area contributed by atoms with Gasteiger partial charge >= 0.3 is 0 Å². The maximum Gasteiger partial charge on any atom is 0.246 e. The molecule has 3 aromatic rings. The van der Waals surface area contributed by atoms with E-state index >= 15 is 0 Å². The molecule has 0 radical (unpaired) electrons. The van der Waals surface area contributed by atoms with Crippen LogP contribution in [0.3, 0.4) is 0 Å². The van der Waals surface area contributed by atoms with Crippen LogP contribution in [0.4, 0.5) is 4.39 Å². The van der Waals surface area contributed by atoms with Gasteiger partial charge in [-0.1, -0.05) is 43.5 Å². The largest absolute Gasteiger partial charge is 0.368 e. The zero-order valence-corrected chi connectivity index (χ0v) is 16.4. The third kappa shape index (κ3) is 5.01. The smallest absolute Gasteiger partial charge is 0.246 e. The number of carbonyl (C=O) groups excluding carboxylic acids is 1. The molecule has 1 fully saturated rings. The van der Waals surface area contributed by atoms with Gasteiger partial charge in [0.2, 0.25) is 5.91 Å². The maximum absolute atomic E-state index is 13.4. The number of amides is 1. The van der Waals surface area contributed by atoms with Crippen LogP contribution in [0.25, 0.3) is 11.0 Å². The van der Waals surface area contributed by atoms with E-state index in [1.165, 1.54) is 18.6 Å². The Morgan fingerprint density at radius 2 is 1.90 bits per heavy atom. The zero-order chi connectivity index (χ0) is 20.1. The van der Waals surface area contributed by atoms with Crippen LogP contribution < -0.4 is 5.32 Å². The molecule has 0 spiro atoms. The summed E-state index contributed by atoms with van der Waals surface area (Å²) < 4.78 is 21.2. The van der Waals surface area contributed by atoms with Gasteiger partial charge in [-0.2, -0.15) is 0 Å². The van der Waals surface area contributed by atoms with E-state index in [-0.39, 0.29) is 30.5 Å². The maximum atomic E-state index is 13.4. The SMILES string of the molecule is O=C(COC1CCCCC1)NC(Cn1cnc2ccccc21)c1ccc(F)cc1. The third-order valence-corrected chi connectivity index (χ3v) is 5.52. The number of benzene rings is 2. The number of hydrogen-bond donors (Lipinski definition) is 1. The van der Waals surface area contributed by atoms with Crippen LogP contribution in [-0.2, 0) is 16.1 Å². The van der Waals surface area contributed by atoms with Crippen molar-refractivity contribution in [3.8, 4) is 0 Å². The minimum atomic E-state index is -0.310. The molecule has 1 N–H and O–H groups in total. The lowest BCUT2D eigenvalue weighted by molar-refractivity contribution is -0.129. The van der Waals surface area contributed by atoms with Gasteiger partial charge in [0.15, 0.2) is 0 Å². The van der Waals surface area contributed by atoms with Crippen LogP contribution in [0.5, 0.6) is 0 Å². The number of para-hydroxylation sites is 2. The molecule has 0 bridgehead atoms. The summed E-state index contributed by atoms with van der Waals surface area (Å²) in [7, 11) is 0. The van der Waals surface area contributed by atoms with Crippen LogP contribution in [0, 0.1) is 5.82 Å². The summed E-state index contributed by atoms with van der Waals surface area (Å²) in [5.41, 5.74) is 2.74. The number of nitrogens with one attached hydrogen (secondary N) is 1. The number of ether oxygens (including phenoxy) is 1. The van der Waals surface area contributed by atoms with Crippen LogP contribution in [0.2, 0.25) is 0 Å². The Morgan fingerprint density at radius 3 is 2.69 bits per heavy atom. The standard InChI is InChI=1S/C23H26FN3O2/c24-18-12-10-17(11-13-18)21(14-27-16-25-20-8-4-5-9-22(20)27)26-23(28)15-29-19-6-2-1-3-7-19/h4-5,8-13,16,19,21H,1-3,6-7,14-15H2,(H,26,28). The molecule has 5 nitrogen and oxygen atoms in total. The second kappa shape index (κ2) is 9.18. The predicted molar refractivity (Wildman–Crippen MR) is 110 cm³/mol. The number of aromatic nitrogens is 2. The fraction of sp³-hybridized carbons (Fsp3) is 0.391. The summed E-state index contributed by atoms with van der Waals surface area (Å²) in [4.78, 5) is 17.0. The molecular formula is C23H26FN3O2. The van der Waals surface area contributed by atoms with Crippen LogP contribution >= 0.6 is 0 Å². The highest BCUT2D eigenvalue weighted by Gasteiger charge is 2.19. The molecule has 152 valence electrons. The molecule has 1 aromatic heterocycles. The van der Waals surface area contributed by atoms with Crippen molar-refractivity contribution in [1.82, 2.24) is 14.9 Å². The van der Waals surface area contributed by atoms with E-state index in [0.717, 1.165) is 42.3 Å². The van der Waals surface area contributed by atoms with Crippen molar-refractivity contribution < 1.29 is 13.9 Å². The van der Waals surface area contributed by atoms with Crippen LogP contribution in [0.1, 0.15) is 43.7 Å². The molecule has 1 heterocycles. The highest BCUT2D eigenvalue weighted by molar-refractivity contribution is 5.78. The van der Waals surface area contributed by atoms with Gasteiger partial charge in [-0.05, 0) is 42.7 Å². The van der Waals surface area contributed by atoms with Gasteiger partial charge in [0.25, 0.3) is 0 Å². The second-order valence-corrected chi connectivity index (χ2v) is 7.63. The van der Waals surface area contributed by atoms with Gasteiger partial charge in [-0.3, -0.25) is 4.79 Å². The highest BCUT2D eigenvalue weighted by atomic mass is 19.1. The number of hydrogen-bond acceptors (Lipinski definition) is 3. The van der Waals surface area contributed by atoms with E-state index in [1.807, 2.05) is 28.8 Å². The fourth-order valence-corrected chi connectivity index (χ4v) is 3.94. The molecule has 29 heavy (non-hydrogen) atoms. The van der Waals surface area contributed by atoms with E-state index < -0.39 is 0 Å². The van der Waals surface area contributed by atoms with Crippen molar-refractivity contribution in [2.24, 2.45) is 0 Å². The zero-order valence-electron chi connectivity index (χ0n) is 16.4. The summed E-state index contributed by atoms with van der Waals surface area (Å²) in [6.07, 6.45) is 7.57. The Balaban J connectivity index is 1.47. The second-order valence-electron chi connectivity index (χ2n) is 7.63. The van der Waals surface area contributed by atoms with E-state index in [0.29, 0.717) is 6.54 Å². The summed E-state index contributed by atoms with van der Waals surface area (Å²) >= 11 is 0. The Labute approximate surface area is 169 Å². The number of nitrogens with zero attached hydrogens (tertiary/aromatic N) is 2. The van der Waals surface area contributed by atoms with Crippen molar-refractivity contribution in [1.29, 1.82) is 0 Å². The monoisotopic (exact) mass is 395 g/mol. The van der Waals surface area contributed by atoms with E-state index in [2.05, 4.69) is 10.3 Å². The summed E-state index contributed by atoms with van der Waals surface area (Å²) in [5, 5.41) is 3.06. The van der Waals surface area contributed by atoms with Gasteiger partial charge in [0, 0.05) is 6.54 Å². The minimum Gasteiger partial charge on any atom is -0.368 e. The molecule has 0 aliphatic heterocycles. The molecule has 1 unspecified atom stereocenters. The summed E-state index contributed by atoms with van der Waals surface area (Å²) in [5.74, 6) is -0.457. The fourth-order valence-electron chi connectivity index (χ4n) is 3.94. The Hall–Kier alpha value is -2.73. The Morgan fingerprint density at radius 1 is 1.14 bits per heavy atom. The minimum absolute atomic E-state index is 0.0486. The first-order chi connectivity index (χ1) is 14.2. The first kappa shape index (κ1) is 19.6. The number of halogens is 1. The third-order valence-electron chi connectivity index (χ3n) is 5.52. The molecule has 1 saturated carbocycles. The van der Waals surface area contributed by atoms with E-state index in [9.17, 15) is 9.18 Å². The molecule has 0 saturated heterocycles. The number of rotatable bonds is 7. The van der Waals surface area contributed by atoms with Gasteiger partial charge in [-0.15, -0.1) is 0 Å². The number of carbonyl (C=O) groups is 1. The lowest BCUT2D eigenvalue weighted by Crippen LogP contribution is -2.35. The van der Waals surface area contributed by atoms with Gasteiger partial charge in [0.05, 0.1) is 29.5 Å². The molecular weight excluding hydrogens is 369 g/mol. The van der Waals surface area contributed by atoms with Crippen molar-refractivity contribution in [2.45, 2.75) is 50.8 Å². The molecule has 1 amide bonds. The van der Waals surface area contributed by atoms with Gasteiger partial charge in [-0.25, -0.2) is 9.37 Å². The quantitative estimate of drug-likeness (QED) is 0.646. The lowest BCUT2D eigenvalue weighted by Gasteiger charge is -2.23. The van der Waals surface area contributed by atoms with Crippen molar-refractivity contribution in [2.75, 3.05) is 6.61 Å². The van der Waals surface area contributed by atoms with E-state index in [4.69, 9.17) is 4.74 Å². The van der Waals surface area contributed by atoms with Crippen LogP contribution in [-0.4, -0.2) is 28.2 Å². The normalized spacial score (nSPS) is 16.0. The molecule has 1 aliphatic rings. The first-order valence-corrected chi connectivity index (χ1v) is 10.3. The number of fused-ring (bicyclic) bond motifs is 1. The van der Waals surface area contributed by atoms with Crippen molar-refractivity contribution in [3.05, 3.63) is 66.2 Å². The lowest BCUT2D eigenvalue weighted by atomic mass is 9.98. The first-order valence-electron chi connectivity index (χ1n) is 10.3. The van der Waals surface area contributed by atoms with Crippen molar-refractivity contribution >= 4 is 16.9 Å². The average Bonchev–Trinajstić information content (AvgIpc) is 3.16. The molecule has 2 aromatic carbocycles. The average molecular weight is 395 g/mol. The number of imidazole rings is 1.